The van der Waals surface area contributed by atoms with Gasteiger partial charge < -0.3 is 4.74 Å². The standard InChI is InChI=1S/C25H19Br2F3N2O2/c1-2-4-22-23(16-5-3-6-21(15-16)34-25(28,29)30)32(20-13-9-18(27)10-14-20)24(33)31(22)19-11-7-17(26)8-12-19/h3,5-15H,2,4H2,1H3. The van der Waals surface area contributed by atoms with Crippen LogP contribution in [0, 0.1) is 0 Å². The average molecular weight is 596 g/mol. The van der Waals surface area contributed by atoms with E-state index in [-0.39, 0.29) is 11.4 Å². The summed E-state index contributed by atoms with van der Waals surface area (Å²) in [7, 11) is 0. The molecule has 4 rings (SSSR count). The number of halogens is 5. The molecule has 3 aromatic carbocycles. The summed E-state index contributed by atoms with van der Waals surface area (Å²) >= 11 is 6.82. The first kappa shape index (κ1) is 24.3. The zero-order chi connectivity index (χ0) is 24.5. The Kier molecular flexibility index (Phi) is 7.04. The first-order valence-corrected chi connectivity index (χ1v) is 12.0. The molecule has 4 nitrogen and oxygen atoms in total. The molecule has 0 aliphatic heterocycles. The van der Waals surface area contributed by atoms with E-state index in [4.69, 9.17) is 0 Å². The topological polar surface area (TPSA) is 36.2 Å². The highest BCUT2D eigenvalue weighted by molar-refractivity contribution is 9.10. The molecule has 0 atom stereocenters. The maximum absolute atomic E-state index is 13.8. The number of hydrogen-bond acceptors (Lipinski definition) is 2. The Hall–Kier alpha value is -2.78. The number of nitrogens with zero attached hydrogens (tertiary/aromatic N) is 2. The molecular formula is C25H19Br2F3N2O2. The van der Waals surface area contributed by atoms with Gasteiger partial charge in [-0.15, -0.1) is 13.2 Å². The van der Waals surface area contributed by atoms with Crippen molar-refractivity contribution in [1.82, 2.24) is 9.13 Å². The predicted molar refractivity (Wildman–Crippen MR) is 133 cm³/mol. The Morgan fingerprint density at radius 2 is 1.41 bits per heavy atom. The van der Waals surface area contributed by atoms with Crippen LogP contribution in [-0.2, 0) is 6.42 Å². The van der Waals surface area contributed by atoms with Crippen LogP contribution in [0.25, 0.3) is 22.6 Å². The van der Waals surface area contributed by atoms with E-state index in [1.807, 2.05) is 43.3 Å². The lowest BCUT2D eigenvalue weighted by atomic mass is 10.1. The molecule has 9 heteroatoms. The van der Waals surface area contributed by atoms with Crippen LogP contribution in [0.1, 0.15) is 19.0 Å². The summed E-state index contributed by atoms with van der Waals surface area (Å²) in [6.07, 6.45) is -3.56. The van der Waals surface area contributed by atoms with Gasteiger partial charge in [-0.05, 0) is 67.1 Å². The van der Waals surface area contributed by atoms with Crippen LogP contribution in [0.15, 0.2) is 86.5 Å². The molecule has 0 bridgehead atoms. The highest BCUT2D eigenvalue weighted by atomic mass is 79.9. The molecule has 4 aromatic rings. The number of imidazole rings is 1. The van der Waals surface area contributed by atoms with Gasteiger partial charge in [0, 0.05) is 14.5 Å². The smallest absolute Gasteiger partial charge is 0.406 e. The zero-order valence-electron chi connectivity index (χ0n) is 17.9. The highest BCUT2D eigenvalue weighted by Gasteiger charge is 2.31. The molecule has 0 saturated carbocycles. The fraction of sp³-hybridized carbons (Fsp3) is 0.160. The highest BCUT2D eigenvalue weighted by Crippen LogP contribution is 2.33. The van der Waals surface area contributed by atoms with E-state index >= 15 is 0 Å². The minimum absolute atomic E-state index is 0.315. The van der Waals surface area contributed by atoms with E-state index < -0.39 is 6.36 Å². The molecule has 176 valence electrons. The Balaban J connectivity index is 2.04. The van der Waals surface area contributed by atoms with Gasteiger partial charge in [0.1, 0.15) is 5.75 Å². The second kappa shape index (κ2) is 9.84. The van der Waals surface area contributed by atoms with Gasteiger partial charge in [0.05, 0.1) is 22.8 Å². The van der Waals surface area contributed by atoms with Crippen LogP contribution in [0.4, 0.5) is 13.2 Å². The Morgan fingerprint density at radius 1 is 0.853 bits per heavy atom. The van der Waals surface area contributed by atoms with E-state index in [0.29, 0.717) is 34.7 Å². The van der Waals surface area contributed by atoms with E-state index in [9.17, 15) is 18.0 Å². The molecule has 0 amide bonds. The largest absolute Gasteiger partial charge is 0.573 e. The zero-order valence-corrected chi connectivity index (χ0v) is 21.1. The Morgan fingerprint density at radius 3 is 1.94 bits per heavy atom. The minimum Gasteiger partial charge on any atom is -0.406 e. The third-order valence-electron chi connectivity index (χ3n) is 5.15. The molecule has 0 spiro atoms. The molecule has 0 N–H and O–H groups in total. The van der Waals surface area contributed by atoms with Crippen LogP contribution < -0.4 is 10.4 Å². The lowest BCUT2D eigenvalue weighted by molar-refractivity contribution is -0.274. The molecule has 34 heavy (non-hydrogen) atoms. The number of aromatic nitrogens is 2. The van der Waals surface area contributed by atoms with Crippen LogP contribution in [0.2, 0.25) is 0 Å². The number of alkyl halides is 3. The molecule has 1 aromatic heterocycles. The molecule has 0 aliphatic carbocycles. The van der Waals surface area contributed by atoms with E-state index in [1.54, 1.807) is 22.8 Å². The van der Waals surface area contributed by atoms with Gasteiger partial charge in [-0.3, -0.25) is 9.13 Å². The number of benzene rings is 3. The Labute approximate surface area is 210 Å². The summed E-state index contributed by atoms with van der Waals surface area (Å²) in [5, 5.41) is 0. The van der Waals surface area contributed by atoms with Gasteiger partial charge in [0.15, 0.2) is 0 Å². The summed E-state index contributed by atoms with van der Waals surface area (Å²) in [5.41, 5.74) is 2.60. The summed E-state index contributed by atoms with van der Waals surface area (Å²) in [6, 6.07) is 20.2. The van der Waals surface area contributed by atoms with Crippen molar-refractivity contribution < 1.29 is 17.9 Å². The predicted octanol–water partition coefficient (Wildman–Crippen LogP) is 7.67. The van der Waals surface area contributed by atoms with Gasteiger partial charge in [0.2, 0.25) is 0 Å². The van der Waals surface area contributed by atoms with E-state index in [1.165, 1.54) is 22.8 Å². The van der Waals surface area contributed by atoms with Crippen LogP contribution in [0.5, 0.6) is 5.75 Å². The minimum atomic E-state index is -4.82. The van der Waals surface area contributed by atoms with E-state index in [2.05, 4.69) is 36.6 Å². The molecule has 0 unspecified atom stereocenters. The van der Waals surface area contributed by atoms with Gasteiger partial charge in [-0.25, -0.2) is 4.79 Å². The third kappa shape index (κ3) is 5.15. The van der Waals surface area contributed by atoms with Crippen LogP contribution >= 0.6 is 31.9 Å². The lowest BCUT2D eigenvalue weighted by Crippen LogP contribution is -2.23. The second-order valence-electron chi connectivity index (χ2n) is 7.53. The van der Waals surface area contributed by atoms with Crippen LogP contribution in [-0.4, -0.2) is 15.5 Å². The van der Waals surface area contributed by atoms with Crippen molar-refractivity contribution in [2.75, 3.05) is 0 Å². The van der Waals surface area contributed by atoms with Gasteiger partial charge in [0.25, 0.3) is 0 Å². The quantitative estimate of drug-likeness (QED) is 0.229. The third-order valence-corrected chi connectivity index (χ3v) is 6.20. The van der Waals surface area contributed by atoms with Crippen LogP contribution in [0.3, 0.4) is 0 Å². The summed E-state index contributed by atoms with van der Waals surface area (Å²) in [5.74, 6) is -0.348. The van der Waals surface area contributed by atoms with Crippen molar-refractivity contribution in [2.45, 2.75) is 26.1 Å². The number of hydrogen-bond donors (Lipinski definition) is 0. The van der Waals surface area contributed by atoms with E-state index in [0.717, 1.165) is 15.4 Å². The first-order chi connectivity index (χ1) is 16.2. The maximum atomic E-state index is 13.8. The molecule has 0 aliphatic rings. The monoisotopic (exact) mass is 594 g/mol. The second-order valence-corrected chi connectivity index (χ2v) is 9.36. The van der Waals surface area contributed by atoms with Crippen molar-refractivity contribution in [2.24, 2.45) is 0 Å². The molecule has 0 saturated heterocycles. The van der Waals surface area contributed by atoms with Gasteiger partial charge in [-0.1, -0.05) is 57.3 Å². The summed E-state index contributed by atoms with van der Waals surface area (Å²) in [4.78, 5) is 13.8. The number of rotatable bonds is 6. The molecule has 1 heterocycles. The van der Waals surface area contributed by atoms with Crippen molar-refractivity contribution in [3.63, 3.8) is 0 Å². The normalized spacial score (nSPS) is 11.6. The summed E-state index contributed by atoms with van der Waals surface area (Å²) < 4.78 is 47.7. The van der Waals surface area contributed by atoms with Crippen molar-refractivity contribution in [3.8, 4) is 28.4 Å². The molecule has 0 fully saturated rings. The Bertz CT molecular complexity index is 1360. The van der Waals surface area contributed by atoms with Gasteiger partial charge >= 0.3 is 12.1 Å². The van der Waals surface area contributed by atoms with Crippen molar-refractivity contribution >= 4 is 31.9 Å². The van der Waals surface area contributed by atoms with Gasteiger partial charge in [-0.2, -0.15) is 0 Å². The summed E-state index contributed by atoms with van der Waals surface area (Å²) in [6.45, 7) is 1.99. The maximum Gasteiger partial charge on any atom is 0.573 e. The molecule has 0 radical (unpaired) electrons. The SMILES string of the molecule is CCCc1c(-c2cccc(OC(F)(F)F)c2)n(-c2ccc(Br)cc2)c(=O)n1-c1ccc(Br)cc1. The fourth-order valence-corrected chi connectivity index (χ4v) is 4.36. The average Bonchev–Trinajstić information content (AvgIpc) is 3.06. The molecular weight excluding hydrogens is 577 g/mol. The lowest BCUT2D eigenvalue weighted by Gasteiger charge is -2.13. The van der Waals surface area contributed by atoms with Crippen molar-refractivity contribution in [1.29, 1.82) is 0 Å². The van der Waals surface area contributed by atoms with Crippen molar-refractivity contribution in [3.05, 3.63) is 97.9 Å². The number of ether oxygens (including phenoxy) is 1. The first-order valence-electron chi connectivity index (χ1n) is 10.4. The fourth-order valence-electron chi connectivity index (χ4n) is 3.84.